The molecule has 0 aliphatic carbocycles. The Labute approximate surface area is 102 Å². The van der Waals surface area contributed by atoms with Crippen LogP contribution in [-0.4, -0.2) is 23.3 Å². The first kappa shape index (κ1) is 12.7. The molecule has 0 saturated heterocycles. The molecule has 0 aromatic heterocycles. The van der Waals surface area contributed by atoms with E-state index in [1.807, 2.05) is 0 Å². The largest absolute Gasteiger partial charge is 0.299 e. The van der Waals surface area contributed by atoms with Crippen molar-refractivity contribution in [3.05, 3.63) is 35.4 Å². The van der Waals surface area contributed by atoms with Gasteiger partial charge in [-0.25, -0.2) is 0 Å². The van der Waals surface area contributed by atoms with Crippen LogP contribution in [-0.2, 0) is 6.54 Å². The number of nitrogens with zero attached hydrogens (tertiary/aromatic N) is 1. The van der Waals surface area contributed by atoms with Gasteiger partial charge in [0, 0.05) is 11.9 Å². The smallest absolute Gasteiger partial charge is 0.0233 e. The summed E-state index contributed by atoms with van der Waals surface area (Å²) in [6, 6.07) is 8.78. The molecule has 0 saturated carbocycles. The third kappa shape index (κ3) is 4.80. The van der Waals surface area contributed by atoms with E-state index in [-0.39, 0.29) is 0 Å². The van der Waals surface area contributed by atoms with Gasteiger partial charge in [-0.15, -0.1) is 0 Å². The zero-order valence-corrected chi connectivity index (χ0v) is 11.3. The Morgan fingerprint density at radius 3 is 2.73 bits per heavy atom. The first-order valence-electron chi connectivity index (χ1n) is 5.60. The lowest BCUT2D eigenvalue weighted by Crippen LogP contribution is -2.24. The first-order valence-corrected chi connectivity index (χ1v) is 6.72. The number of hydrogen-bond acceptors (Lipinski definition) is 1. The molecular formula is C13H20BrN. The minimum Gasteiger partial charge on any atom is -0.299 e. The molecule has 0 aliphatic heterocycles. The maximum absolute atomic E-state index is 3.48. The molecule has 1 aromatic rings. The monoisotopic (exact) mass is 269 g/mol. The fourth-order valence-corrected chi connectivity index (χ4v) is 1.95. The van der Waals surface area contributed by atoms with E-state index in [0.29, 0.717) is 0 Å². The third-order valence-corrected chi connectivity index (χ3v) is 3.10. The topological polar surface area (TPSA) is 3.24 Å². The SMILES string of the molecule is CCN(CCCBr)Cc1cccc(C)c1. The second-order valence-corrected chi connectivity index (χ2v) is 4.69. The van der Waals surface area contributed by atoms with Crippen molar-refractivity contribution in [1.82, 2.24) is 4.90 Å². The average molecular weight is 270 g/mol. The fourth-order valence-electron chi connectivity index (χ4n) is 1.70. The molecule has 0 amide bonds. The van der Waals surface area contributed by atoms with E-state index in [0.717, 1.165) is 18.4 Å². The van der Waals surface area contributed by atoms with Crippen LogP contribution < -0.4 is 0 Å². The molecule has 0 atom stereocenters. The zero-order chi connectivity index (χ0) is 11.1. The summed E-state index contributed by atoms with van der Waals surface area (Å²) in [6.07, 6.45) is 1.22. The van der Waals surface area contributed by atoms with Crippen molar-refractivity contribution in [2.24, 2.45) is 0 Å². The summed E-state index contributed by atoms with van der Waals surface area (Å²) in [7, 11) is 0. The van der Waals surface area contributed by atoms with Gasteiger partial charge >= 0.3 is 0 Å². The highest BCUT2D eigenvalue weighted by molar-refractivity contribution is 9.09. The molecule has 0 aliphatic rings. The van der Waals surface area contributed by atoms with Crippen molar-refractivity contribution in [1.29, 1.82) is 0 Å². The summed E-state index contributed by atoms with van der Waals surface area (Å²) in [6.45, 7) is 7.75. The highest BCUT2D eigenvalue weighted by Gasteiger charge is 2.02. The Kier molecular flexibility index (Phi) is 5.96. The van der Waals surface area contributed by atoms with Crippen LogP contribution in [0, 0.1) is 6.92 Å². The Morgan fingerprint density at radius 2 is 2.13 bits per heavy atom. The van der Waals surface area contributed by atoms with E-state index >= 15 is 0 Å². The van der Waals surface area contributed by atoms with Gasteiger partial charge in [-0.2, -0.15) is 0 Å². The van der Waals surface area contributed by atoms with Gasteiger partial charge in [-0.3, -0.25) is 4.90 Å². The minimum atomic E-state index is 1.07. The molecule has 1 aromatic carbocycles. The standard InChI is InChI=1S/C13H20BrN/c1-3-15(9-5-8-14)11-13-7-4-6-12(2)10-13/h4,6-7,10H,3,5,8-9,11H2,1-2H3. The lowest BCUT2D eigenvalue weighted by Gasteiger charge is -2.20. The van der Waals surface area contributed by atoms with Crippen LogP contribution >= 0.6 is 15.9 Å². The number of alkyl halides is 1. The molecule has 0 N–H and O–H groups in total. The van der Waals surface area contributed by atoms with Crippen LogP contribution in [0.15, 0.2) is 24.3 Å². The van der Waals surface area contributed by atoms with Crippen LogP contribution in [0.3, 0.4) is 0 Å². The Morgan fingerprint density at radius 1 is 1.33 bits per heavy atom. The Hall–Kier alpha value is -0.340. The molecule has 1 rings (SSSR count). The predicted molar refractivity (Wildman–Crippen MR) is 70.5 cm³/mol. The molecule has 84 valence electrons. The van der Waals surface area contributed by atoms with Crippen LogP contribution in [0.5, 0.6) is 0 Å². The number of hydrogen-bond donors (Lipinski definition) is 0. The van der Waals surface area contributed by atoms with Crippen molar-refractivity contribution in [2.75, 3.05) is 18.4 Å². The van der Waals surface area contributed by atoms with Gasteiger partial charge in [-0.1, -0.05) is 52.7 Å². The van der Waals surface area contributed by atoms with Crippen LogP contribution in [0.2, 0.25) is 0 Å². The van der Waals surface area contributed by atoms with Crippen molar-refractivity contribution >= 4 is 15.9 Å². The summed E-state index contributed by atoms with van der Waals surface area (Å²) in [5.74, 6) is 0. The fraction of sp³-hybridized carbons (Fsp3) is 0.538. The number of halogens is 1. The normalized spacial score (nSPS) is 10.9. The summed E-state index contributed by atoms with van der Waals surface area (Å²) >= 11 is 3.48. The first-order chi connectivity index (χ1) is 7.26. The molecular weight excluding hydrogens is 250 g/mol. The minimum absolute atomic E-state index is 1.07. The summed E-state index contributed by atoms with van der Waals surface area (Å²) in [5.41, 5.74) is 2.77. The van der Waals surface area contributed by atoms with Crippen LogP contribution in [0.1, 0.15) is 24.5 Å². The van der Waals surface area contributed by atoms with E-state index in [4.69, 9.17) is 0 Å². The van der Waals surface area contributed by atoms with Gasteiger partial charge in [0.15, 0.2) is 0 Å². The summed E-state index contributed by atoms with van der Waals surface area (Å²) in [5, 5.41) is 1.09. The van der Waals surface area contributed by atoms with Gasteiger partial charge in [0.2, 0.25) is 0 Å². The van der Waals surface area contributed by atoms with Crippen molar-refractivity contribution in [3.63, 3.8) is 0 Å². The van der Waals surface area contributed by atoms with Gasteiger partial charge in [0.25, 0.3) is 0 Å². The van der Waals surface area contributed by atoms with E-state index < -0.39 is 0 Å². The molecule has 0 spiro atoms. The third-order valence-electron chi connectivity index (χ3n) is 2.54. The van der Waals surface area contributed by atoms with Crippen molar-refractivity contribution in [2.45, 2.75) is 26.8 Å². The maximum atomic E-state index is 3.48. The van der Waals surface area contributed by atoms with E-state index in [9.17, 15) is 0 Å². The zero-order valence-electron chi connectivity index (χ0n) is 9.67. The molecule has 0 radical (unpaired) electrons. The van der Waals surface area contributed by atoms with Gasteiger partial charge in [0.1, 0.15) is 0 Å². The predicted octanol–water partition coefficient (Wildman–Crippen LogP) is 3.60. The maximum Gasteiger partial charge on any atom is 0.0233 e. The van der Waals surface area contributed by atoms with Crippen molar-refractivity contribution < 1.29 is 0 Å². The quantitative estimate of drug-likeness (QED) is 0.714. The lowest BCUT2D eigenvalue weighted by atomic mass is 10.1. The average Bonchev–Trinajstić information content (AvgIpc) is 2.24. The number of benzene rings is 1. The molecule has 0 fully saturated rings. The second kappa shape index (κ2) is 7.02. The summed E-state index contributed by atoms with van der Waals surface area (Å²) in [4.78, 5) is 2.48. The second-order valence-electron chi connectivity index (χ2n) is 3.90. The number of rotatable bonds is 6. The molecule has 0 heterocycles. The molecule has 1 nitrogen and oxygen atoms in total. The van der Waals surface area contributed by atoms with Gasteiger partial charge in [-0.05, 0) is 32.0 Å². The highest BCUT2D eigenvalue weighted by Crippen LogP contribution is 2.08. The molecule has 15 heavy (non-hydrogen) atoms. The molecule has 0 unspecified atom stereocenters. The van der Waals surface area contributed by atoms with E-state index in [2.05, 4.69) is 58.9 Å². The van der Waals surface area contributed by atoms with E-state index in [1.165, 1.54) is 24.1 Å². The van der Waals surface area contributed by atoms with Gasteiger partial charge < -0.3 is 0 Å². The Balaban J connectivity index is 2.50. The highest BCUT2D eigenvalue weighted by atomic mass is 79.9. The van der Waals surface area contributed by atoms with Crippen LogP contribution in [0.25, 0.3) is 0 Å². The summed E-state index contributed by atoms with van der Waals surface area (Å²) < 4.78 is 0. The lowest BCUT2D eigenvalue weighted by molar-refractivity contribution is 0.281. The Bertz CT molecular complexity index is 286. The van der Waals surface area contributed by atoms with E-state index in [1.54, 1.807) is 0 Å². The van der Waals surface area contributed by atoms with Gasteiger partial charge in [0.05, 0.1) is 0 Å². The number of aryl methyl sites for hydroxylation is 1. The molecule has 2 heteroatoms. The van der Waals surface area contributed by atoms with Crippen molar-refractivity contribution in [3.8, 4) is 0 Å². The van der Waals surface area contributed by atoms with Crippen LogP contribution in [0.4, 0.5) is 0 Å². The molecule has 0 bridgehead atoms.